The van der Waals surface area contributed by atoms with Gasteiger partial charge in [-0.05, 0) is 75.1 Å². The van der Waals surface area contributed by atoms with E-state index in [1.807, 2.05) is 0 Å². The number of aromatic amines is 3. The van der Waals surface area contributed by atoms with Crippen LogP contribution in [-0.4, -0.2) is 244 Å². The van der Waals surface area contributed by atoms with Gasteiger partial charge in [0.2, 0.25) is 82.7 Å². The Morgan fingerprint density at radius 2 is 0.890 bits per heavy atom. The number of carboxylic acids is 2. The number of amides is 14. The summed E-state index contributed by atoms with van der Waals surface area (Å²) in [6, 6.07) is -12.8. The number of aromatic hydroxyl groups is 1. The zero-order valence-electron chi connectivity index (χ0n) is 59.9. The van der Waals surface area contributed by atoms with E-state index in [1.54, 1.807) is 0 Å². The van der Waals surface area contributed by atoms with Crippen LogP contribution < -0.4 is 92.5 Å². The first-order chi connectivity index (χ1) is 51.7. The van der Waals surface area contributed by atoms with Crippen LogP contribution in [0.15, 0.2) is 66.8 Å². The van der Waals surface area contributed by atoms with Gasteiger partial charge in [0.05, 0.1) is 55.6 Å². The molecule has 0 unspecified atom stereocenters. The van der Waals surface area contributed by atoms with E-state index in [0.717, 1.165) is 6.92 Å². The van der Waals surface area contributed by atoms with Crippen molar-refractivity contribution in [2.45, 2.75) is 177 Å². The molecule has 0 aliphatic carbocycles. The molecule has 0 saturated carbocycles. The number of carbonyl (C=O) groups is 16. The molecule has 0 radical (unpaired) electrons. The molecule has 0 bridgehead atoms. The molecule has 3 aromatic heterocycles. The van der Waals surface area contributed by atoms with Gasteiger partial charge in [-0.2, -0.15) is 0 Å². The zero-order valence-corrected chi connectivity index (χ0v) is 59.9. The van der Waals surface area contributed by atoms with Crippen molar-refractivity contribution in [3.8, 4) is 5.75 Å². The van der Waals surface area contributed by atoms with Crippen molar-refractivity contribution < 1.29 is 97.1 Å². The highest BCUT2D eigenvalue weighted by Crippen LogP contribution is 2.15. The minimum Gasteiger partial charge on any atom is -0.508 e. The molecule has 0 spiro atoms. The van der Waals surface area contributed by atoms with Gasteiger partial charge in [0.1, 0.15) is 72.2 Å². The van der Waals surface area contributed by atoms with Gasteiger partial charge in [0, 0.05) is 70.6 Å². The number of phenolic OH excluding ortho intramolecular Hbond substituents is 1. The fourth-order valence-corrected chi connectivity index (χ4v) is 10.5. The number of guanidine groups is 1. The number of nitrogens with one attached hydrogen (secondary N) is 15. The molecule has 44 heteroatoms. The van der Waals surface area contributed by atoms with Gasteiger partial charge in [-0.15, -0.1) is 0 Å². The Balaban J connectivity index is 1.55. The van der Waals surface area contributed by atoms with Crippen molar-refractivity contribution in [2.24, 2.45) is 39.6 Å². The Morgan fingerprint density at radius 1 is 0.468 bits per heavy atom. The fourth-order valence-electron chi connectivity index (χ4n) is 10.5. The number of aliphatic imine (C=N–C) groups is 1. The second kappa shape index (κ2) is 45.7. The van der Waals surface area contributed by atoms with Crippen molar-refractivity contribution >= 4 is 101 Å². The minimum absolute atomic E-state index is 0.0244. The van der Waals surface area contributed by atoms with Crippen LogP contribution in [0.3, 0.4) is 0 Å². The van der Waals surface area contributed by atoms with E-state index in [2.05, 4.69) is 98.7 Å². The molecule has 4 rings (SSSR count). The quantitative estimate of drug-likeness (QED) is 0.0111. The first-order valence-electron chi connectivity index (χ1n) is 34.3. The molecule has 0 fully saturated rings. The maximum absolute atomic E-state index is 14.6. The number of primary amides is 2. The van der Waals surface area contributed by atoms with Crippen molar-refractivity contribution in [3.05, 3.63) is 84.5 Å². The topological polar surface area (TPSA) is 727 Å². The summed E-state index contributed by atoms with van der Waals surface area (Å²) >= 11 is 0. The third-order valence-corrected chi connectivity index (χ3v) is 16.2. The van der Waals surface area contributed by atoms with Crippen LogP contribution in [0, 0.1) is 5.92 Å². The lowest BCUT2D eigenvalue weighted by Gasteiger charge is -2.29. The number of benzene rings is 1. The first-order valence-corrected chi connectivity index (χ1v) is 34.3. The third-order valence-electron chi connectivity index (χ3n) is 16.2. The highest BCUT2D eigenvalue weighted by molar-refractivity contribution is 6.00. The number of carboxylic acid groups (broad SMARTS) is 2. The van der Waals surface area contributed by atoms with Gasteiger partial charge >= 0.3 is 11.9 Å². The molecule has 109 heavy (non-hydrogen) atoms. The molecule has 14 amide bonds. The Morgan fingerprint density at radius 3 is 1.32 bits per heavy atom. The van der Waals surface area contributed by atoms with Gasteiger partial charge in [0.15, 0.2) is 5.96 Å². The zero-order chi connectivity index (χ0) is 80.9. The standard InChI is InChI=1S/C65H96N24O20/c1-32(2)53(64(109)87-46(22-37-26-73-31-78-37)62(107)85-44(20-35-24-71-29-76-35)60(105)82-41(13-15-49(67)93)57(102)81-39(54(68)99)7-4-5-17-66)89-58(103)42(14-16-51(95)96)83-59(104)43(19-34-9-11-38(92)12-10-34)80-50(94)27-75-55(100)48(28-90)88-63(108)47(23-52(97)98)86-61(106)45(21-36-25-72-30-77-36)84-56(101)40(79-33(3)91)8-6-18-74-65(69)70/h9-12,24-26,29-32,39-48,53,90,92H,4-8,13-23,27-28,66H2,1-3H3,(H2,67,93)(H2,68,99)(H,71,76)(H,72,77)(H,73,78)(H,75,100)(H,79,91)(H,80,94)(H,81,102)(H,82,105)(H,83,104)(H,84,101)(H,85,107)(H,86,106)(H,87,109)(H,88,108)(H,89,103)(H,95,96)(H,97,98)(H4,69,70,74)/t39-,40-,41-,42-,43-,44-,45-,46-,47-,48-,53-/m0/s1. The Labute approximate surface area is 622 Å². The summed E-state index contributed by atoms with van der Waals surface area (Å²) in [4.78, 5) is 240. The summed E-state index contributed by atoms with van der Waals surface area (Å²) in [6.07, 6.45) is 4.20. The summed E-state index contributed by atoms with van der Waals surface area (Å²) in [5, 5.41) is 68.7. The Kier molecular flexibility index (Phi) is 37.2. The molecule has 29 N–H and O–H groups in total. The van der Waals surface area contributed by atoms with E-state index >= 15 is 0 Å². The van der Waals surface area contributed by atoms with Crippen molar-refractivity contribution in [3.63, 3.8) is 0 Å². The van der Waals surface area contributed by atoms with Crippen molar-refractivity contribution in [1.82, 2.24) is 93.7 Å². The Hall–Kier alpha value is -12.6. The molecule has 44 nitrogen and oxygen atoms in total. The highest BCUT2D eigenvalue weighted by Gasteiger charge is 2.38. The summed E-state index contributed by atoms with van der Waals surface area (Å²) in [7, 11) is 0. The maximum atomic E-state index is 14.6. The number of aliphatic hydroxyl groups is 1. The largest absolute Gasteiger partial charge is 0.508 e. The third kappa shape index (κ3) is 32.7. The number of nitrogens with two attached hydrogens (primary N) is 5. The van der Waals surface area contributed by atoms with Crippen molar-refractivity contribution in [2.75, 3.05) is 26.2 Å². The number of hydrogen-bond donors (Lipinski definition) is 24. The summed E-state index contributed by atoms with van der Waals surface area (Å²) in [6.45, 7) is 2.21. The van der Waals surface area contributed by atoms with Crippen LogP contribution in [0.25, 0.3) is 0 Å². The number of hydrogen-bond acceptors (Lipinski definition) is 23. The molecule has 0 aliphatic heterocycles. The molecule has 4 aromatic rings. The SMILES string of the molecule is CC(=O)N[C@@H](CCCN=C(N)N)C(=O)N[C@@H](Cc1c[nH]cn1)C(=O)N[C@@H](CC(=O)O)C(=O)N[C@@H](CO)C(=O)NCC(=O)N[C@@H](Cc1ccc(O)cc1)C(=O)N[C@@H](CCC(=O)O)C(=O)N[C@H](C(=O)N[C@@H](Cc1c[nH]cn1)C(=O)N[C@@H](Cc1c[nH]cn1)C(=O)N[C@@H](CCC(N)=O)C(=O)N[C@@H](CCCCN)C(N)=O)C(C)C. The molecular formula is C65H96N24O20. The number of carbonyl (C=O) groups excluding carboxylic acids is 14. The number of imidazole rings is 3. The lowest BCUT2D eigenvalue weighted by atomic mass is 10.00. The van der Waals surface area contributed by atoms with Crippen LogP contribution in [-0.2, 0) is 102 Å². The lowest BCUT2D eigenvalue weighted by molar-refractivity contribution is -0.142. The predicted molar refractivity (Wildman–Crippen MR) is 380 cm³/mol. The Bertz CT molecular complexity index is 3760. The average molecular weight is 1530 g/mol. The number of unbranched alkanes of at least 4 members (excludes halogenated alkanes) is 1. The highest BCUT2D eigenvalue weighted by atomic mass is 16.4. The summed E-state index contributed by atoms with van der Waals surface area (Å²) in [5.41, 5.74) is 28.2. The molecule has 0 aliphatic rings. The number of nitrogens with zero attached hydrogens (tertiary/aromatic N) is 4. The normalized spacial score (nSPS) is 14.0. The number of rotatable bonds is 50. The van der Waals surface area contributed by atoms with Crippen LogP contribution in [0.1, 0.15) is 108 Å². The van der Waals surface area contributed by atoms with Gasteiger partial charge < -0.3 is 128 Å². The molecule has 596 valence electrons. The van der Waals surface area contributed by atoms with Gasteiger partial charge in [-0.25, -0.2) is 15.0 Å². The number of aliphatic carboxylic acids is 2. The smallest absolute Gasteiger partial charge is 0.305 e. The monoisotopic (exact) mass is 1530 g/mol. The first kappa shape index (κ1) is 88.8. The number of phenols is 1. The molecule has 1 aromatic carbocycles. The van der Waals surface area contributed by atoms with E-state index in [0.29, 0.717) is 12.8 Å². The van der Waals surface area contributed by atoms with Crippen LogP contribution >= 0.6 is 0 Å². The van der Waals surface area contributed by atoms with Gasteiger partial charge in [-0.3, -0.25) is 81.7 Å². The summed E-state index contributed by atoms with van der Waals surface area (Å²) in [5.74, 6) is -18.9. The van der Waals surface area contributed by atoms with Gasteiger partial charge in [-0.1, -0.05) is 26.0 Å². The van der Waals surface area contributed by atoms with E-state index in [1.165, 1.54) is 75.7 Å². The van der Waals surface area contributed by atoms with E-state index < -0.39 is 212 Å². The molecular weight excluding hydrogens is 1440 g/mol. The van der Waals surface area contributed by atoms with Gasteiger partial charge in [0.25, 0.3) is 0 Å². The molecule has 0 saturated heterocycles. The van der Waals surface area contributed by atoms with Crippen LogP contribution in [0.2, 0.25) is 0 Å². The fraction of sp³-hybridized carbons (Fsp3) is 0.508. The van der Waals surface area contributed by atoms with E-state index in [-0.39, 0.29) is 92.4 Å². The average Bonchev–Trinajstić information content (AvgIpc) is 1.76. The molecule has 11 atom stereocenters. The maximum Gasteiger partial charge on any atom is 0.305 e. The molecule has 3 heterocycles. The van der Waals surface area contributed by atoms with Crippen LogP contribution in [0.5, 0.6) is 5.75 Å². The second-order valence-corrected chi connectivity index (χ2v) is 25.3. The lowest BCUT2D eigenvalue weighted by Crippen LogP contribution is -2.61. The summed E-state index contributed by atoms with van der Waals surface area (Å²) < 4.78 is 0. The van der Waals surface area contributed by atoms with Crippen molar-refractivity contribution in [1.29, 1.82) is 0 Å². The number of aromatic nitrogens is 6. The minimum atomic E-state index is -2.02. The predicted octanol–water partition coefficient (Wildman–Crippen LogP) is -8.78. The number of aliphatic hydroxyl groups excluding tert-OH is 1. The van der Waals surface area contributed by atoms with Crippen LogP contribution in [0.4, 0.5) is 0 Å². The number of H-pyrrole nitrogens is 3. The second-order valence-electron chi connectivity index (χ2n) is 25.3. The van der Waals surface area contributed by atoms with E-state index in [9.17, 15) is 97.1 Å². The van der Waals surface area contributed by atoms with E-state index in [4.69, 9.17) is 28.7 Å².